The molecule has 2 aliphatic heterocycles. The number of benzene rings is 1. The minimum absolute atomic E-state index is 0.316. The minimum atomic E-state index is -0.821. The highest BCUT2D eigenvalue weighted by atomic mass is 19.1. The Bertz CT molecular complexity index is 571. The van der Waals surface area contributed by atoms with Crippen LogP contribution in [-0.2, 0) is 16.0 Å². The fourth-order valence-corrected chi connectivity index (χ4v) is 3.92. The highest BCUT2D eigenvalue weighted by Gasteiger charge is 2.46. The van der Waals surface area contributed by atoms with Crippen molar-refractivity contribution in [3.63, 3.8) is 0 Å². The van der Waals surface area contributed by atoms with Gasteiger partial charge in [0, 0.05) is 51.2 Å². The zero-order valence-corrected chi connectivity index (χ0v) is 14.1. The summed E-state index contributed by atoms with van der Waals surface area (Å²) in [5, 5.41) is 10.6. The minimum Gasteiger partial charge on any atom is -0.387 e. The molecule has 134 valence electrons. The van der Waals surface area contributed by atoms with Gasteiger partial charge < -0.3 is 14.6 Å². The van der Waals surface area contributed by atoms with Crippen molar-refractivity contribution in [2.75, 3.05) is 33.4 Å². The lowest BCUT2D eigenvalue weighted by Gasteiger charge is -2.49. The van der Waals surface area contributed by atoms with Crippen LogP contribution in [0.4, 0.5) is 8.78 Å². The number of piperidine rings is 1. The first kappa shape index (κ1) is 17.7. The molecule has 0 aromatic heterocycles. The van der Waals surface area contributed by atoms with Crippen LogP contribution in [0.5, 0.6) is 0 Å². The van der Waals surface area contributed by atoms with E-state index in [4.69, 9.17) is 9.47 Å². The van der Waals surface area contributed by atoms with Crippen LogP contribution in [0.15, 0.2) is 18.2 Å². The maximum absolute atomic E-state index is 13.8. The van der Waals surface area contributed by atoms with Crippen molar-refractivity contribution in [3.05, 3.63) is 35.4 Å². The Morgan fingerprint density at radius 2 is 2.00 bits per heavy atom. The van der Waals surface area contributed by atoms with Crippen molar-refractivity contribution in [2.45, 2.75) is 43.4 Å². The third kappa shape index (κ3) is 3.94. The number of ether oxygens (including phenoxy) is 2. The van der Waals surface area contributed by atoms with Crippen LogP contribution in [0.25, 0.3) is 0 Å². The van der Waals surface area contributed by atoms with E-state index in [1.165, 1.54) is 12.1 Å². The van der Waals surface area contributed by atoms with Gasteiger partial charge in [0.05, 0.1) is 24.4 Å². The van der Waals surface area contributed by atoms with Gasteiger partial charge in [-0.25, -0.2) is 8.78 Å². The molecule has 0 saturated carbocycles. The smallest absolute Gasteiger partial charge is 0.130 e. The SMILES string of the molecule is COCC1(O)CCOC2(CCN(Cc3ccc(F)cc3F)CC2)C1. The van der Waals surface area contributed by atoms with Gasteiger partial charge in [-0.15, -0.1) is 0 Å². The third-order valence-corrected chi connectivity index (χ3v) is 5.22. The van der Waals surface area contributed by atoms with Gasteiger partial charge in [0.25, 0.3) is 0 Å². The average molecular weight is 341 g/mol. The van der Waals surface area contributed by atoms with E-state index < -0.39 is 17.2 Å². The Kier molecular flexibility index (Phi) is 5.20. The number of methoxy groups -OCH3 is 1. The normalized spacial score (nSPS) is 27.5. The zero-order chi connectivity index (χ0) is 17.2. The summed E-state index contributed by atoms with van der Waals surface area (Å²) in [6.07, 6.45) is 2.75. The van der Waals surface area contributed by atoms with Crippen LogP contribution >= 0.6 is 0 Å². The maximum Gasteiger partial charge on any atom is 0.130 e. The summed E-state index contributed by atoms with van der Waals surface area (Å²) in [7, 11) is 1.60. The first-order chi connectivity index (χ1) is 11.4. The molecule has 3 rings (SSSR count). The number of hydrogen-bond acceptors (Lipinski definition) is 4. The van der Waals surface area contributed by atoms with Crippen LogP contribution in [0.2, 0.25) is 0 Å². The van der Waals surface area contributed by atoms with Gasteiger partial charge in [-0.2, -0.15) is 0 Å². The average Bonchev–Trinajstić information content (AvgIpc) is 2.52. The Labute approximate surface area is 141 Å². The number of hydrogen-bond donors (Lipinski definition) is 1. The molecule has 0 aliphatic carbocycles. The van der Waals surface area contributed by atoms with Crippen molar-refractivity contribution in [1.29, 1.82) is 0 Å². The predicted molar refractivity (Wildman–Crippen MR) is 85.6 cm³/mol. The van der Waals surface area contributed by atoms with Gasteiger partial charge >= 0.3 is 0 Å². The summed E-state index contributed by atoms with van der Waals surface area (Å²) in [6, 6.07) is 3.72. The van der Waals surface area contributed by atoms with Crippen molar-refractivity contribution in [2.24, 2.45) is 0 Å². The maximum atomic E-state index is 13.8. The van der Waals surface area contributed by atoms with Crippen LogP contribution < -0.4 is 0 Å². The molecule has 2 aliphatic rings. The standard InChI is InChI=1S/C18H25F2NO3/c1-23-13-17(22)6-9-24-18(12-17)4-7-21(8-5-18)11-14-2-3-15(19)10-16(14)20/h2-3,10,22H,4-9,11-13H2,1H3. The first-order valence-corrected chi connectivity index (χ1v) is 8.45. The number of aliphatic hydroxyl groups is 1. The second kappa shape index (κ2) is 7.04. The van der Waals surface area contributed by atoms with E-state index >= 15 is 0 Å². The second-order valence-corrected chi connectivity index (χ2v) is 7.13. The van der Waals surface area contributed by atoms with Gasteiger partial charge in [-0.3, -0.25) is 4.90 Å². The van der Waals surface area contributed by atoms with Gasteiger partial charge in [0.2, 0.25) is 0 Å². The first-order valence-electron chi connectivity index (χ1n) is 8.45. The lowest BCUT2D eigenvalue weighted by molar-refractivity contribution is -0.191. The fraction of sp³-hybridized carbons (Fsp3) is 0.667. The molecule has 1 aromatic rings. The van der Waals surface area contributed by atoms with E-state index in [0.29, 0.717) is 38.2 Å². The second-order valence-electron chi connectivity index (χ2n) is 7.13. The summed E-state index contributed by atoms with van der Waals surface area (Å²) in [4.78, 5) is 2.15. The molecule has 1 N–H and O–H groups in total. The largest absolute Gasteiger partial charge is 0.387 e. The summed E-state index contributed by atoms with van der Waals surface area (Å²) >= 11 is 0. The van der Waals surface area contributed by atoms with Gasteiger partial charge in [-0.05, 0) is 18.9 Å². The number of halogens is 2. The molecule has 2 heterocycles. The topological polar surface area (TPSA) is 41.9 Å². The predicted octanol–water partition coefficient (Wildman–Crippen LogP) is 2.49. The Balaban J connectivity index is 1.59. The Morgan fingerprint density at radius 1 is 1.25 bits per heavy atom. The van der Waals surface area contributed by atoms with E-state index in [1.54, 1.807) is 7.11 Å². The lowest BCUT2D eigenvalue weighted by Crippen LogP contribution is -2.55. The number of rotatable bonds is 4. The summed E-state index contributed by atoms with van der Waals surface area (Å²) < 4.78 is 38.0. The molecule has 1 unspecified atom stereocenters. The van der Waals surface area contributed by atoms with Crippen molar-refractivity contribution >= 4 is 0 Å². The molecule has 1 aromatic carbocycles. The van der Waals surface area contributed by atoms with Crippen LogP contribution in [0.3, 0.4) is 0 Å². The van der Waals surface area contributed by atoms with Crippen LogP contribution in [0.1, 0.15) is 31.2 Å². The molecule has 1 spiro atoms. The monoisotopic (exact) mass is 341 g/mol. The lowest BCUT2D eigenvalue weighted by atomic mass is 9.77. The van der Waals surface area contributed by atoms with E-state index in [9.17, 15) is 13.9 Å². The zero-order valence-electron chi connectivity index (χ0n) is 14.1. The molecule has 24 heavy (non-hydrogen) atoms. The van der Waals surface area contributed by atoms with Crippen LogP contribution in [0, 0.1) is 11.6 Å². The van der Waals surface area contributed by atoms with Crippen molar-refractivity contribution < 1.29 is 23.4 Å². The third-order valence-electron chi connectivity index (χ3n) is 5.22. The highest BCUT2D eigenvalue weighted by Crippen LogP contribution is 2.40. The number of likely N-dealkylation sites (tertiary alicyclic amines) is 1. The molecular weight excluding hydrogens is 316 g/mol. The molecule has 1 atom stereocenters. The van der Waals surface area contributed by atoms with E-state index in [-0.39, 0.29) is 5.60 Å². The molecule has 2 saturated heterocycles. The molecular formula is C18H25F2NO3. The number of nitrogens with zero attached hydrogens (tertiary/aromatic N) is 1. The summed E-state index contributed by atoms with van der Waals surface area (Å²) in [5.41, 5.74) is -0.630. The fourth-order valence-electron chi connectivity index (χ4n) is 3.92. The van der Waals surface area contributed by atoms with Crippen molar-refractivity contribution in [1.82, 2.24) is 4.90 Å². The molecule has 0 radical (unpaired) electrons. The van der Waals surface area contributed by atoms with Crippen LogP contribution in [-0.4, -0.2) is 54.6 Å². The molecule has 4 nitrogen and oxygen atoms in total. The Hall–Kier alpha value is -1.08. The van der Waals surface area contributed by atoms with Crippen molar-refractivity contribution in [3.8, 4) is 0 Å². The van der Waals surface area contributed by atoms with E-state index in [0.717, 1.165) is 32.0 Å². The van der Waals surface area contributed by atoms with E-state index in [2.05, 4.69) is 4.90 Å². The van der Waals surface area contributed by atoms with Gasteiger partial charge in [0.1, 0.15) is 11.6 Å². The molecule has 2 fully saturated rings. The summed E-state index contributed by atoms with van der Waals surface area (Å²) in [6.45, 7) is 2.85. The Morgan fingerprint density at radius 3 is 2.67 bits per heavy atom. The summed E-state index contributed by atoms with van der Waals surface area (Å²) in [5.74, 6) is -1.06. The molecule has 0 amide bonds. The highest BCUT2D eigenvalue weighted by molar-refractivity contribution is 5.18. The quantitative estimate of drug-likeness (QED) is 0.914. The van der Waals surface area contributed by atoms with Gasteiger partial charge in [0.15, 0.2) is 0 Å². The molecule has 0 bridgehead atoms. The van der Waals surface area contributed by atoms with Gasteiger partial charge in [-0.1, -0.05) is 6.07 Å². The molecule has 6 heteroatoms. The van der Waals surface area contributed by atoms with E-state index in [1.807, 2.05) is 0 Å².